The molecule has 0 radical (unpaired) electrons. The van der Waals surface area contributed by atoms with E-state index in [9.17, 15) is 23.3 Å². The first-order valence-corrected chi connectivity index (χ1v) is 11.6. The summed E-state index contributed by atoms with van der Waals surface area (Å²) in [6.07, 6.45) is 1.96. The van der Waals surface area contributed by atoms with Gasteiger partial charge in [-0.15, -0.1) is 0 Å². The second kappa shape index (κ2) is 8.43. The van der Waals surface area contributed by atoms with Gasteiger partial charge >= 0.3 is 0 Å². The molecule has 3 rings (SSSR count). The molecule has 160 valence electrons. The molecule has 1 aliphatic heterocycles. The van der Waals surface area contributed by atoms with Crippen molar-refractivity contribution in [3.8, 4) is 0 Å². The van der Waals surface area contributed by atoms with Crippen molar-refractivity contribution >= 4 is 27.3 Å². The molecule has 0 saturated heterocycles. The van der Waals surface area contributed by atoms with E-state index in [0.29, 0.717) is 25.1 Å². The molecular weight excluding hydrogens is 406 g/mol. The van der Waals surface area contributed by atoms with Gasteiger partial charge < -0.3 is 4.90 Å². The number of hydrogen-bond donors (Lipinski definition) is 0. The van der Waals surface area contributed by atoms with Crippen LogP contribution in [-0.2, 0) is 27.8 Å². The third-order valence-corrected chi connectivity index (χ3v) is 6.56. The van der Waals surface area contributed by atoms with Crippen molar-refractivity contribution in [3.63, 3.8) is 0 Å². The number of non-ortho nitro benzene ring substituents is 1. The smallest absolute Gasteiger partial charge is 0.271 e. The van der Waals surface area contributed by atoms with Crippen molar-refractivity contribution in [1.82, 2.24) is 4.90 Å². The average Bonchev–Trinajstić information content (AvgIpc) is 2.70. The monoisotopic (exact) mass is 431 g/mol. The van der Waals surface area contributed by atoms with E-state index >= 15 is 0 Å². The Balaban J connectivity index is 2.00. The Morgan fingerprint density at radius 3 is 2.50 bits per heavy atom. The van der Waals surface area contributed by atoms with Gasteiger partial charge in [0, 0.05) is 25.2 Å². The number of hydrogen-bond acceptors (Lipinski definition) is 5. The van der Waals surface area contributed by atoms with Gasteiger partial charge in [-0.05, 0) is 36.5 Å². The van der Waals surface area contributed by atoms with Crippen LogP contribution < -0.4 is 4.31 Å². The summed E-state index contributed by atoms with van der Waals surface area (Å²) < 4.78 is 26.5. The zero-order chi connectivity index (χ0) is 22.1. The summed E-state index contributed by atoms with van der Waals surface area (Å²) in [6, 6.07) is 10.9. The Labute approximate surface area is 176 Å². The van der Waals surface area contributed by atoms with Gasteiger partial charge in [0.15, 0.2) is 0 Å². The van der Waals surface area contributed by atoms with Crippen LogP contribution in [0.5, 0.6) is 0 Å². The van der Waals surface area contributed by atoms with Crippen LogP contribution in [0.25, 0.3) is 0 Å². The molecule has 0 unspecified atom stereocenters. The predicted molar refractivity (Wildman–Crippen MR) is 115 cm³/mol. The fraction of sp³-hybridized carbons (Fsp3) is 0.381. The van der Waals surface area contributed by atoms with E-state index in [-0.39, 0.29) is 23.7 Å². The zero-order valence-electron chi connectivity index (χ0n) is 17.2. The summed E-state index contributed by atoms with van der Waals surface area (Å²) in [6.45, 7) is 4.33. The molecule has 0 saturated carbocycles. The van der Waals surface area contributed by atoms with Crippen LogP contribution in [0, 0.1) is 17.0 Å². The first-order valence-electron chi connectivity index (χ1n) is 9.73. The Hall–Kier alpha value is -2.94. The van der Waals surface area contributed by atoms with E-state index in [4.69, 9.17) is 0 Å². The lowest BCUT2D eigenvalue weighted by Crippen LogP contribution is -2.52. The standard InChI is InChI=1S/C21H25N3O5S/c1-4-19(21(25)22-12-11-16-7-5-6-8-17(16)14-22)23(30(3,28)29)20-13-18(24(26)27)10-9-15(20)2/h5-10,13,19H,4,11-12,14H2,1-3H3/t19-/m0/s1. The molecule has 0 N–H and O–H groups in total. The van der Waals surface area contributed by atoms with Gasteiger partial charge in [-0.2, -0.15) is 0 Å². The molecule has 0 spiro atoms. The second-order valence-corrected chi connectivity index (χ2v) is 9.35. The van der Waals surface area contributed by atoms with E-state index < -0.39 is 21.0 Å². The van der Waals surface area contributed by atoms with Crippen molar-refractivity contribution in [2.45, 2.75) is 39.3 Å². The van der Waals surface area contributed by atoms with Crippen LogP contribution in [0.4, 0.5) is 11.4 Å². The van der Waals surface area contributed by atoms with Crippen molar-refractivity contribution in [2.24, 2.45) is 0 Å². The minimum absolute atomic E-state index is 0.157. The Bertz CT molecular complexity index is 1080. The highest BCUT2D eigenvalue weighted by atomic mass is 32.2. The van der Waals surface area contributed by atoms with E-state index in [1.807, 2.05) is 24.3 Å². The third kappa shape index (κ3) is 4.30. The first-order chi connectivity index (χ1) is 14.1. The van der Waals surface area contributed by atoms with Crippen LogP contribution >= 0.6 is 0 Å². The summed E-state index contributed by atoms with van der Waals surface area (Å²) in [4.78, 5) is 25.7. The van der Waals surface area contributed by atoms with E-state index in [1.165, 1.54) is 23.8 Å². The molecule has 2 aromatic carbocycles. The zero-order valence-corrected chi connectivity index (χ0v) is 18.1. The molecule has 0 aliphatic carbocycles. The fourth-order valence-electron chi connectivity index (χ4n) is 3.86. The third-order valence-electron chi connectivity index (χ3n) is 5.40. The van der Waals surface area contributed by atoms with E-state index in [1.54, 1.807) is 18.7 Å². The summed E-state index contributed by atoms with van der Waals surface area (Å²) in [5.41, 5.74) is 2.71. The maximum Gasteiger partial charge on any atom is 0.271 e. The molecule has 1 amide bonds. The van der Waals surface area contributed by atoms with Gasteiger partial charge in [-0.3, -0.25) is 19.2 Å². The predicted octanol–water partition coefficient (Wildman–Crippen LogP) is 3.03. The van der Waals surface area contributed by atoms with Gasteiger partial charge in [0.1, 0.15) is 6.04 Å². The van der Waals surface area contributed by atoms with Crippen LogP contribution in [-0.4, -0.2) is 43.0 Å². The molecule has 0 bridgehead atoms. The summed E-state index contributed by atoms with van der Waals surface area (Å²) in [7, 11) is -3.88. The summed E-state index contributed by atoms with van der Waals surface area (Å²) >= 11 is 0. The number of nitrogens with zero attached hydrogens (tertiary/aromatic N) is 3. The molecule has 1 aliphatic rings. The SMILES string of the molecule is CC[C@@H](C(=O)N1CCc2ccccc2C1)N(c1cc([N+](=O)[O-])ccc1C)S(C)(=O)=O. The first kappa shape index (κ1) is 21.8. The lowest BCUT2D eigenvalue weighted by Gasteiger charge is -2.36. The second-order valence-electron chi connectivity index (χ2n) is 7.49. The van der Waals surface area contributed by atoms with E-state index in [2.05, 4.69) is 0 Å². The number of aryl methyl sites for hydroxylation is 1. The normalized spacial score (nSPS) is 14.7. The van der Waals surface area contributed by atoms with Crippen molar-refractivity contribution in [1.29, 1.82) is 0 Å². The van der Waals surface area contributed by atoms with Crippen molar-refractivity contribution < 1.29 is 18.1 Å². The minimum Gasteiger partial charge on any atom is -0.336 e. The number of nitro groups is 1. The molecule has 30 heavy (non-hydrogen) atoms. The average molecular weight is 432 g/mol. The molecule has 0 fully saturated rings. The van der Waals surface area contributed by atoms with Crippen molar-refractivity contribution in [3.05, 3.63) is 69.3 Å². The fourth-order valence-corrected chi connectivity index (χ4v) is 5.12. The molecule has 8 nitrogen and oxygen atoms in total. The Morgan fingerprint density at radius 2 is 1.90 bits per heavy atom. The Morgan fingerprint density at radius 1 is 1.23 bits per heavy atom. The molecule has 1 atom stereocenters. The Kier molecular flexibility index (Phi) is 6.12. The molecule has 0 aromatic heterocycles. The number of carbonyl (C=O) groups is 1. The van der Waals surface area contributed by atoms with Gasteiger partial charge in [0.25, 0.3) is 5.69 Å². The highest BCUT2D eigenvalue weighted by molar-refractivity contribution is 7.92. The van der Waals surface area contributed by atoms with Gasteiger partial charge in [-0.25, -0.2) is 8.42 Å². The number of sulfonamides is 1. The molecule has 9 heteroatoms. The number of anilines is 1. The van der Waals surface area contributed by atoms with Gasteiger partial charge in [0.05, 0.1) is 16.9 Å². The number of nitro benzene ring substituents is 1. The van der Waals surface area contributed by atoms with Crippen LogP contribution in [0.2, 0.25) is 0 Å². The quantitative estimate of drug-likeness (QED) is 0.517. The molecule has 2 aromatic rings. The number of rotatable bonds is 6. The van der Waals surface area contributed by atoms with Crippen molar-refractivity contribution in [2.75, 3.05) is 17.1 Å². The lowest BCUT2D eigenvalue weighted by atomic mass is 9.99. The van der Waals surface area contributed by atoms with E-state index in [0.717, 1.165) is 16.1 Å². The van der Waals surface area contributed by atoms with Crippen LogP contribution in [0.1, 0.15) is 30.0 Å². The minimum atomic E-state index is -3.88. The highest BCUT2D eigenvalue weighted by Crippen LogP contribution is 2.31. The summed E-state index contributed by atoms with van der Waals surface area (Å²) in [5, 5.41) is 11.2. The number of amides is 1. The largest absolute Gasteiger partial charge is 0.336 e. The highest BCUT2D eigenvalue weighted by Gasteiger charge is 2.36. The number of fused-ring (bicyclic) bond motifs is 1. The number of carbonyl (C=O) groups excluding carboxylic acids is 1. The van der Waals surface area contributed by atoms with Gasteiger partial charge in [0.2, 0.25) is 15.9 Å². The molecular formula is C21H25N3O5S. The van der Waals surface area contributed by atoms with Crippen LogP contribution in [0.15, 0.2) is 42.5 Å². The van der Waals surface area contributed by atoms with Gasteiger partial charge in [-0.1, -0.05) is 37.3 Å². The number of benzene rings is 2. The topological polar surface area (TPSA) is 101 Å². The summed E-state index contributed by atoms with van der Waals surface area (Å²) in [5.74, 6) is -0.302. The van der Waals surface area contributed by atoms with Crippen LogP contribution in [0.3, 0.4) is 0 Å². The maximum absolute atomic E-state index is 13.4. The lowest BCUT2D eigenvalue weighted by molar-refractivity contribution is -0.384. The maximum atomic E-state index is 13.4. The molecule has 1 heterocycles.